The second-order valence-corrected chi connectivity index (χ2v) is 15.1. The minimum atomic E-state index is -4.83. The number of fused-ring (bicyclic) bond motifs is 1. The van der Waals surface area contributed by atoms with E-state index in [1.54, 1.807) is 0 Å². The highest BCUT2D eigenvalue weighted by atomic mass is 28.3. The lowest BCUT2D eigenvalue weighted by Gasteiger charge is -2.15. The van der Waals surface area contributed by atoms with Gasteiger partial charge in [-0.3, -0.25) is 4.79 Å². The van der Waals surface area contributed by atoms with Crippen LogP contribution in [0.1, 0.15) is 5.56 Å². The average molecular weight is 560 g/mol. The third-order valence-corrected chi connectivity index (χ3v) is 6.85. The molecule has 0 saturated carbocycles. The van der Waals surface area contributed by atoms with Gasteiger partial charge in [0.2, 0.25) is 5.91 Å². The molecule has 0 aliphatic heterocycles. The number of halogens is 5. The van der Waals surface area contributed by atoms with E-state index in [0.29, 0.717) is 18.7 Å². The molecule has 0 aliphatic rings. The van der Waals surface area contributed by atoms with E-state index >= 15 is 0 Å². The number of pyridine rings is 1. The van der Waals surface area contributed by atoms with Crippen molar-refractivity contribution in [3.63, 3.8) is 0 Å². The van der Waals surface area contributed by atoms with Crippen LogP contribution in [0.5, 0.6) is 11.5 Å². The second-order valence-electron chi connectivity index (χ2n) is 9.51. The molecular formula is C23H26F5N5O4Si. The Morgan fingerprint density at radius 1 is 1.16 bits per heavy atom. The largest absolute Gasteiger partial charge is 0.450 e. The predicted molar refractivity (Wildman–Crippen MR) is 131 cm³/mol. The molecule has 0 spiro atoms. The predicted octanol–water partition coefficient (Wildman–Crippen LogP) is 5.04. The Morgan fingerprint density at radius 3 is 2.39 bits per heavy atom. The highest BCUT2D eigenvalue weighted by Crippen LogP contribution is 2.42. The molecule has 15 heteroatoms. The average Bonchev–Trinajstić information content (AvgIpc) is 3.17. The van der Waals surface area contributed by atoms with Crippen LogP contribution in [0.2, 0.25) is 25.7 Å². The zero-order valence-electron chi connectivity index (χ0n) is 20.7. The van der Waals surface area contributed by atoms with Gasteiger partial charge >= 0.3 is 12.2 Å². The van der Waals surface area contributed by atoms with Crippen molar-refractivity contribution < 1.29 is 41.0 Å². The molecule has 38 heavy (non-hydrogen) atoms. The van der Waals surface area contributed by atoms with Crippen molar-refractivity contribution in [1.29, 1.82) is 0 Å². The Bertz CT molecular complexity index is 1320. The second kappa shape index (κ2) is 11.3. The fourth-order valence-corrected chi connectivity index (χ4v) is 4.06. The van der Waals surface area contributed by atoms with E-state index in [-0.39, 0.29) is 18.1 Å². The summed E-state index contributed by atoms with van der Waals surface area (Å²) in [7, 11) is -1.43. The molecule has 0 unspecified atom stereocenters. The maximum Gasteiger partial charge on any atom is 0.418 e. The van der Waals surface area contributed by atoms with Gasteiger partial charge in [0.05, 0.1) is 17.5 Å². The first kappa shape index (κ1) is 28.8. The van der Waals surface area contributed by atoms with Crippen LogP contribution in [-0.4, -0.2) is 42.7 Å². The van der Waals surface area contributed by atoms with Crippen LogP contribution in [0.3, 0.4) is 0 Å². The number of amides is 3. The van der Waals surface area contributed by atoms with Crippen molar-refractivity contribution in [2.24, 2.45) is 5.73 Å². The van der Waals surface area contributed by atoms with Crippen LogP contribution in [0.25, 0.3) is 11.0 Å². The van der Waals surface area contributed by atoms with E-state index in [2.05, 4.69) is 35.3 Å². The Hall–Kier alpha value is -3.72. The molecule has 0 aliphatic carbocycles. The lowest BCUT2D eigenvalue weighted by atomic mass is 10.2. The van der Waals surface area contributed by atoms with Gasteiger partial charge in [0, 0.05) is 44.9 Å². The van der Waals surface area contributed by atoms with Gasteiger partial charge in [0.25, 0.3) is 0 Å². The van der Waals surface area contributed by atoms with Crippen LogP contribution in [0.15, 0.2) is 30.6 Å². The summed E-state index contributed by atoms with van der Waals surface area (Å²) in [6.45, 7) is 6.02. The number of carbonyl (C=O) groups excluding carboxylic acids is 2. The van der Waals surface area contributed by atoms with Crippen LogP contribution in [-0.2, 0) is 22.4 Å². The Morgan fingerprint density at radius 2 is 1.82 bits per heavy atom. The van der Waals surface area contributed by atoms with Crippen LogP contribution in [0.4, 0.5) is 32.4 Å². The number of hydrogen-bond acceptors (Lipinski definition) is 5. The zero-order valence-corrected chi connectivity index (χ0v) is 21.7. The van der Waals surface area contributed by atoms with Gasteiger partial charge in [0.15, 0.2) is 17.4 Å². The highest BCUT2D eigenvalue weighted by molar-refractivity contribution is 6.76. The first-order valence-corrected chi connectivity index (χ1v) is 15.0. The Balaban J connectivity index is 1.91. The molecule has 0 radical (unpaired) electrons. The number of carbonyl (C=O) groups is 2. The van der Waals surface area contributed by atoms with E-state index < -0.39 is 66.8 Å². The summed E-state index contributed by atoms with van der Waals surface area (Å²) in [6.07, 6.45) is -2.87. The van der Waals surface area contributed by atoms with Gasteiger partial charge in [-0.25, -0.2) is 18.6 Å². The summed E-state index contributed by atoms with van der Waals surface area (Å²) in [5, 5.41) is 3.67. The maximum absolute atomic E-state index is 14.7. The SMILES string of the molecule is C[Si](C)(C)CCOCn1cc(C(F)(F)F)c2c(Oc3c(F)cc(NC(=O)NCC(N)=O)cc3F)ccnc21. The molecule has 4 N–H and O–H groups in total. The first-order valence-electron chi connectivity index (χ1n) is 11.3. The van der Waals surface area contributed by atoms with Crippen molar-refractivity contribution in [1.82, 2.24) is 14.9 Å². The van der Waals surface area contributed by atoms with Gasteiger partial charge < -0.3 is 30.4 Å². The molecule has 3 aromatic rings. The number of rotatable bonds is 10. The molecule has 1 aromatic carbocycles. The number of primary amides is 1. The van der Waals surface area contributed by atoms with Crippen molar-refractivity contribution >= 4 is 36.7 Å². The van der Waals surface area contributed by atoms with Gasteiger partial charge in [0.1, 0.15) is 18.1 Å². The highest BCUT2D eigenvalue weighted by Gasteiger charge is 2.37. The van der Waals surface area contributed by atoms with Crippen molar-refractivity contribution in [3.8, 4) is 11.5 Å². The number of aromatic nitrogens is 2. The quantitative estimate of drug-likeness (QED) is 0.183. The van der Waals surface area contributed by atoms with Crippen molar-refractivity contribution in [3.05, 3.63) is 47.8 Å². The van der Waals surface area contributed by atoms with E-state index in [4.69, 9.17) is 15.2 Å². The summed E-state index contributed by atoms with van der Waals surface area (Å²) in [5.41, 5.74) is 3.30. The Kier molecular flexibility index (Phi) is 8.61. The molecule has 0 fully saturated rings. The molecule has 3 amide bonds. The Labute approximate surface area is 215 Å². The van der Waals surface area contributed by atoms with E-state index in [0.717, 1.165) is 29.1 Å². The molecule has 9 nitrogen and oxygen atoms in total. The molecule has 2 aromatic heterocycles. The zero-order chi connectivity index (χ0) is 28.3. The number of anilines is 1. The number of nitrogens with zero attached hydrogens (tertiary/aromatic N) is 2. The lowest BCUT2D eigenvalue weighted by molar-refractivity contribution is -0.136. The topological polar surface area (TPSA) is 120 Å². The maximum atomic E-state index is 14.7. The van der Waals surface area contributed by atoms with E-state index in [1.807, 2.05) is 0 Å². The summed E-state index contributed by atoms with van der Waals surface area (Å²) in [4.78, 5) is 26.4. The number of benzene rings is 1. The molecule has 3 rings (SSSR count). The third kappa shape index (κ3) is 7.41. The number of ether oxygens (including phenoxy) is 2. The lowest BCUT2D eigenvalue weighted by Crippen LogP contribution is -2.36. The fourth-order valence-electron chi connectivity index (χ4n) is 3.31. The first-order chi connectivity index (χ1) is 17.7. The summed E-state index contributed by atoms with van der Waals surface area (Å²) < 4.78 is 83.1. The normalized spacial score (nSPS) is 12.0. The third-order valence-electron chi connectivity index (χ3n) is 5.14. The monoisotopic (exact) mass is 559 g/mol. The smallest absolute Gasteiger partial charge is 0.418 e. The molecular weight excluding hydrogens is 533 g/mol. The molecule has 0 bridgehead atoms. The fraction of sp³-hybridized carbons (Fsp3) is 0.348. The summed E-state index contributed by atoms with van der Waals surface area (Å²) in [5.74, 6) is -4.92. The van der Waals surface area contributed by atoms with Crippen molar-refractivity contribution in [2.45, 2.75) is 38.6 Å². The number of nitrogens with two attached hydrogens (primary N) is 1. The number of nitrogens with one attached hydrogen (secondary N) is 2. The molecule has 0 atom stereocenters. The van der Waals surface area contributed by atoms with E-state index in [1.165, 1.54) is 0 Å². The minimum Gasteiger partial charge on any atom is -0.450 e. The summed E-state index contributed by atoms with van der Waals surface area (Å²) in [6, 6.07) is 2.29. The standard InChI is InChI=1S/C23H26F5N5O4Si/c1-38(2,3)7-6-36-12-33-11-14(23(26,27)28)19-17(4-5-30-21(19)33)37-20-15(24)8-13(9-16(20)25)32-22(35)31-10-18(29)34/h4-5,8-9,11H,6-7,10,12H2,1-3H3,(H2,29,34)(H2,31,32,35). The van der Waals surface area contributed by atoms with Crippen LogP contribution in [0, 0.1) is 11.6 Å². The van der Waals surface area contributed by atoms with Gasteiger partial charge in [-0.1, -0.05) is 19.6 Å². The summed E-state index contributed by atoms with van der Waals surface area (Å²) >= 11 is 0. The number of alkyl halides is 3. The van der Waals surface area contributed by atoms with Crippen LogP contribution < -0.4 is 21.1 Å². The molecule has 2 heterocycles. The number of hydrogen-bond donors (Lipinski definition) is 3. The number of urea groups is 1. The van der Waals surface area contributed by atoms with Gasteiger partial charge in [-0.05, 0) is 12.1 Å². The van der Waals surface area contributed by atoms with Gasteiger partial charge in [-0.2, -0.15) is 13.2 Å². The van der Waals surface area contributed by atoms with Gasteiger partial charge in [-0.15, -0.1) is 0 Å². The van der Waals surface area contributed by atoms with Crippen molar-refractivity contribution in [2.75, 3.05) is 18.5 Å². The molecule has 206 valence electrons. The molecule has 0 saturated heterocycles. The van der Waals surface area contributed by atoms with E-state index in [9.17, 15) is 31.5 Å². The minimum absolute atomic E-state index is 0.145. The van der Waals surface area contributed by atoms with Crippen LogP contribution >= 0.6 is 0 Å².